The van der Waals surface area contributed by atoms with E-state index in [1.54, 1.807) is 0 Å². The van der Waals surface area contributed by atoms with Crippen LogP contribution in [0.1, 0.15) is 31.7 Å². The quantitative estimate of drug-likeness (QED) is 0.890. The van der Waals surface area contributed by atoms with Crippen LogP contribution in [0.5, 0.6) is 0 Å². The van der Waals surface area contributed by atoms with Gasteiger partial charge < -0.3 is 15.0 Å². The Morgan fingerprint density at radius 2 is 2.38 bits per heavy atom. The number of rotatable bonds is 4. The summed E-state index contributed by atoms with van der Waals surface area (Å²) in [5, 5.41) is 8.10. The second kappa shape index (κ2) is 6.15. The molecule has 1 saturated heterocycles. The monoisotopic (exact) mass is 292 g/mol. The Kier molecular flexibility index (Phi) is 4.26. The lowest BCUT2D eigenvalue weighted by Gasteiger charge is -2.29. The molecular formula is C15H24N4O2. The minimum absolute atomic E-state index is 0.0583. The van der Waals surface area contributed by atoms with Crippen LogP contribution in [0.3, 0.4) is 0 Å². The van der Waals surface area contributed by atoms with E-state index in [0.717, 1.165) is 50.7 Å². The number of carbonyl (C=O) groups excluding carboxylic acids is 1. The van der Waals surface area contributed by atoms with Crippen LogP contribution in [0.25, 0.3) is 0 Å². The van der Waals surface area contributed by atoms with Crippen molar-refractivity contribution in [3.8, 4) is 0 Å². The minimum atomic E-state index is 0.0583. The molecule has 21 heavy (non-hydrogen) atoms. The van der Waals surface area contributed by atoms with Gasteiger partial charge in [0.25, 0.3) is 0 Å². The Labute approximate surface area is 125 Å². The average Bonchev–Trinajstić information content (AvgIpc) is 3.12. The first kappa shape index (κ1) is 14.5. The summed E-state index contributed by atoms with van der Waals surface area (Å²) in [5.74, 6) is 0.285. The van der Waals surface area contributed by atoms with E-state index in [4.69, 9.17) is 4.74 Å². The van der Waals surface area contributed by atoms with E-state index in [9.17, 15) is 4.79 Å². The van der Waals surface area contributed by atoms with Gasteiger partial charge >= 0.3 is 0 Å². The second-order valence-electron chi connectivity index (χ2n) is 6.21. The van der Waals surface area contributed by atoms with Gasteiger partial charge in [-0.25, -0.2) is 0 Å². The summed E-state index contributed by atoms with van der Waals surface area (Å²) in [7, 11) is 0. The molecule has 3 heterocycles. The minimum Gasteiger partial charge on any atom is -0.380 e. The van der Waals surface area contributed by atoms with Crippen molar-refractivity contribution in [2.75, 3.05) is 19.8 Å². The zero-order chi connectivity index (χ0) is 14.8. The van der Waals surface area contributed by atoms with Crippen LogP contribution in [0, 0.1) is 5.92 Å². The fourth-order valence-electron chi connectivity index (χ4n) is 2.91. The van der Waals surface area contributed by atoms with E-state index in [2.05, 4.69) is 16.5 Å². The first-order valence-corrected chi connectivity index (χ1v) is 7.79. The van der Waals surface area contributed by atoms with Crippen LogP contribution in [-0.4, -0.2) is 46.4 Å². The summed E-state index contributed by atoms with van der Waals surface area (Å²) >= 11 is 0. The molecule has 3 rings (SSSR count). The molecule has 116 valence electrons. The maximum atomic E-state index is 12.1. The Hall–Kier alpha value is -1.40. The van der Waals surface area contributed by atoms with E-state index in [1.165, 1.54) is 0 Å². The average molecular weight is 292 g/mol. The van der Waals surface area contributed by atoms with Crippen molar-refractivity contribution in [2.45, 2.75) is 45.9 Å². The lowest BCUT2D eigenvalue weighted by Crippen LogP contribution is -2.40. The van der Waals surface area contributed by atoms with Gasteiger partial charge in [0.2, 0.25) is 5.91 Å². The normalized spacial score (nSPS) is 21.9. The molecule has 6 heteroatoms. The largest absolute Gasteiger partial charge is 0.380 e. The number of fused-ring (bicyclic) bond motifs is 1. The number of hydrogen-bond acceptors (Lipinski definition) is 4. The number of carbonyl (C=O) groups is 1. The van der Waals surface area contributed by atoms with E-state index in [0.29, 0.717) is 12.6 Å². The Morgan fingerprint density at radius 3 is 3.10 bits per heavy atom. The number of hydrogen-bond donors (Lipinski definition) is 1. The maximum Gasteiger partial charge on any atom is 0.225 e. The summed E-state index contributed by atoms with van der Waals surface area (Å²) in [4.78, 5) is 14.0. The van der Waals surface area contributed by atoms with E-state index in [-0.39, 0.29) is 11.8 Å². The van der Waals surface area contributed by atoms with Crippen molar-refractivity contribution in [1.29, 1.82) is 0 Å². The standard InChI is InChI=1S/C15H24N4O2/c1-11(2)15(20)18-4-5-19-14(9-18)7-13(17-19)8-16-12-3-6-21-10-12/h7,11-12,16H,3-6,8-10H2,1-2H3. The zero-order valence-corrected chi connectivity index (χ0v) is 12.8. The molecule has 0 bridgehead atoms. The molecule has 0 aromatic carbocycles. The molecule has 1 atom stereocenters. The van der Waals surface area contributed by atoms with E-state index >= 15 is 0 Å². The molecule has 1 aromatic rings. The highest BCUT2D eigenvalue weighted by Gasteiger charge is 2.24. The van der Waals surface area contributed by atoms with Gasteiger partial charge in [0.15, 0.2) is 0 Å². The zero-order valence-electron chi connectivity index (χ0n) is 12.8. The number of amides is 1. The second-order valence-corrected chi connectivity index (χ2v) is 6.21. The van der Waals surface area contributed by atoms with E-state index in [1.807, 2.05) is 23.4 Å². The molecule has 0 spiro atoms. The third-order valence-corrected chi connectivity index (χ3v) is 4.16. The summed E-state index contributed by atoms with van der Waals surface area (Å²) in [5.41, 5.74) is 2.19. The molecule has 1 fully saturated rings. The summed E-state index contributed by atoms with van der Waals surface area (Å²) in [6.07, 6.45) is 1.07. The Bertz CT molecular complexity index is 506. The predicted octanol–water partition coefficient (Wildman–Crippen LogP) is 0.760. The Morgan fingerprint density at radius 1 is 1.52 bits per heavy atom. The van der Waals surface area contributed by atoms with Crippen molar-refractivity contribution >= 4 is 5.91 Å². The van der Waals surface area contributed by atoms with Gasteiger partial charge in [0.05, 0.1) is 31.1 Å². The third kappa shape index (κ3) is 3.27. The number of ether oxygens (including phenoxy) is 1. The molecule has 6 nitrogen and oxygen atoms in total. The van der Waals surface area contributed by atoms with Crippen molar-refractivity contribution in [2.24, 2.45) is 5.92 Å². The third-order valence-electron chi connectivity index (χ3n) is 4.16. The summed E-state index contributed by atoms with van der Waals surface area (Å²) in [6.45, 7) is 8.55. The summed E-state index contributed by atoms with van der Waals surface area (Å²) in [6, 6.07) is 2.56. The van der Waals surface area contributed by atoms with Gasteiger partial charge in [-0.05, 0) is 12.5 Å². The highest BCUT2D eigenvalue weighted by Crippen LogP contribution is 2.16. The lowest BCUT2D eigenvalue weighted by molar-refractivity contribution is -0.136. The lowest BCUT2D eigenvalue weighted by atomic mass is 10.1. The van der Waals surface area contributed by atoms with Crippen LogP contribution < -0.4 is 5.32 Å². The molecule has 2 aliphatic heterocycles. The van der Waals surface area contributed by atoms with Gasteiger partial charge in [0.1, 0.15) is 0 Å². The van der Waals surface area contributed by atoms with Crippen LogP contribution in [0.15, 0.2) is 6.07 Å². The molecule has 0 radical (unpaired) electrons. The van der Waals surface area contributed by atoms with Crippen LogP contribution in [0.4, 0.5) is 0 Å². The molecule has 1 unspecified atom stereocenters. The van der Waals surface area contributed by atoms with Gasteiger partial charge in [-0.3, -0.25) is 9.48 Å². The maximum absolute atomic E-state index is 12.1. The topological polar surface area (TPSA) is 59.4 Å². The van der Waals surface area contributed by atoms with Crippen molar-refractivity contribution < 1.29 is 9.53 Å². The van der Waals surface area contributed by atoms with E-state index < -0.39 is 0 Å². The van der Waals surface area contributed by atoms with Crippen molar-refractivity contribution in [3.63, 3.8) is 0 Å². The highest BCUT2D eigenvalue weighted by atomic mass is 16.5. The van der Waals surface area contributed by atoms with Crippen LogP contribution >= 0.6 is 0 Å². The van der Waals surface area contributed by atoms with Gasteiger partial charge in [0, 0.05) is 31.7 Å². The van der Waals surface area contributed by atoms with Gasteiger partial charge in [-0.15, -0.1) is 0 Å². The molecule has 1 aromatic heterocycles. The van der Waals surface area contributed by atoms with Crippen LogP contribution in [0.2, 0.25) is 0 Å². The molecular weight excluding hydrogens is 268 g/mol. The smallest absolute Gasteiger partial charge is 0.225 e. The molecule has 2 aliphatic rings. The number of nitrogens with zero attached hydrogens (tertiary/aromatic N) is 3. The molecule has 1 N–H and O–H groups in total. The van der Waals surface area contributed by atoms with Crippen LogP contribution in [-0.2, 0) is 29.2 Å². The molecule has 0 aliphatic carbocycles. The highest BCUT2D eigenvalue weighted by molar-refractivity contribution is 5.78. The first-order chi connectivity index (χ1) is 10.1. The summed E-state index contributed by atoms with van der Waals surface area (Å²) < 4.78 is 7.39. The van der Waals surface area contributed by atoms with Crippen molar-refractivity contribution in [1.82, 2.24) is 20.0 Å². The Balaban J connectivity index is 1.60. The SMILES string of the molecule is CC(C)C(=O)N1CCn2nc(CNC3CCOC3)cc2C1. The predicted molar refractivity (Wildman–Crippen MR) is 78.5 cm³/mol. The van der Waals surface area contributed by atoms with Gasteiger partial charge in [-0.2, -0.15) is 5.10 Å². The fourth-order valence-corrected chi connectivity index (χ4v) is 2.91. The number of nitrogens with one attached hydrogen (secondary N) is 1. The molecule has 0 saturated carbocycles. The first-order valence-electron chi connectivity index (χ1n) is 7.79. The fraction of sp³-hybridized carbons (Fsp3) is 0.733. The van der Waals surface area contributed by atoms with Gasteiger partial charge in [-0.1, -0.05) is 13.8 Å². The number of aromatic nitrogens is 2. The molecule has 1 amide bonds. The van der Waals surface area contributed by atoms with Crippen molar-refractivity contribution in [3.05, 3.63) is 17.5 Å².